The van der Waals surface area contributed by atoms with Gasteiger partial charge >= 0.3 is 0 Å². The Balaban J connectivity index is 2.24. The number of aromatic nitrogens is 1. The van der Waals surface area contributed by atoms with Crippen LogP contribution in [0.2, 0.25) is 0 Å². The van der Waals surface area contributed by atoms with Crippen LogP contribution >= 0.6 is 0 Å². The van der Waals surface area contributed by atoms with Gasteiger partial charge in [-0.05, 0) is 24.8 Å². The first-order valence-corrected chi connectivity index (χ1v) is 8.63. The molecule has 20 heavy (non-hydrogen) atoms. The molecule has 1 aromatic heterocycles. The summed E-state index contributed by atoms with van der Waals surface area (Å²) in [4.78, 5) is 0.348. The molecule has 0 amide bonds. The quantitative estimate of drug-likeness (QED) is 0.920. The summed E-state index contributed by atoms with van der Waals surface area (Å²) in [5.74, 6) is 0.599. The Labute approximate surface area is 121 Å². The molecule has 1 saturated carbocycles. The summed E-state index contributed by atoms with van der Waals surface area (Å²) in [5, 5.41) is 0. The van der Waals surface area contributed by atoms with Crippen molar-refractivity contribution in [1.82, 2.24) is 8.87 Å². The van der Waals surface area contributed by atoms with Gasteiger partial charge in [-0.15, -0.1) is 0 Å². The number of nitrogens with two attached hydrogens (primary N) is 1. The summed E-state index contributed by atoms with van der Waals surface area (Å²) in [7, 11) is 0.108. The SMILES string of the molecule is CC1CCCC(N(C)S(=O)(=O)c2cc(CN)n(C)c2)C1. The van der Waals surface area contributed by atoms with E-state index >= 15 is 0 Å². The summed E-state index contributed by atoms with van der Waals surface area (Å²) in [6.45, 7) is 2.54. The lowest BCUT2D eigenvalue weighted by molar-refractivity contribution is 0.239. The van der Waals surface area contributed by atoms with Gasteiger partial charge in [0.1, 0.15) is 4.90 Å². The fraction of sp³-hybridized carbons (Fsp3) is 0.714. The van der Waals surface area contributed by atoms with E-state index in [1.54, 1.807) is 28.2 Å². The Morgan fingerprint density at radius 1 is 1.45 bits per heavy atom. The second-order valence-corrected chi connectivity index (χ2v) is 7.93. The highest BCUT2D eigenvalue weighted by Gasteiger charge is 2.31. The molecule has 2 N–H and O–H groups in total. The minimum Gasteiger partial charge on any atom is -0.352 e. The van der Waals surface area contributed by atoms with Gasteiger partial charge in [0, 0.05) is 38.6 Å². The third kappa shape index (κ3) is 2.92. The van der Waals surface area contributed by atoms with Crippen molar-refractivity contribution in [2.24, 2.45) is 18.7 Å². The molecule has 0 radical (unpaired) electrons. The maximum Gasteiger partial charge on any atom is 0.244 e. The summed E-state index contributed by atoms with van der Waals surface area (Å²) in [6, 6.07) is 1.79. The molecule has 6 heteroatoms. The van der Waals surface area contributed by atoms with Gasteiger partial charge in [-0.2, -0.15) is 4.31 Å². The van der Waals surface area contributed by atoms with Crippen LogP contribution in [0.25, 0.3) is 0 Å². The zero-order valence-electron chi connectivity index (χ0n) is 12.5. The minimum absolute atomic E-state index is 0.116. The van der Waals surface area contributed by atoms with E-state index in [9.17, 15) is 8.42 Å². The van der Waals surface area contributed by atoms with Gasteiger partial charge in [-0.1, -0.05) is 19.8 Å². The Morgan fingerprint density at radius 3 is 2.70 bits per heavy atom. The van der Waals surface area contributed by atoms with Gasteiger partial charge in [0.05, 0.1) is 0 Å². The van der Waals surface area contributed by atoms with Crippen LogP contribution in [-0.2, 0) is 23.6 Å². The van der Waals surface area contributed by atoms with E-state index in [1.165, 1.54) is 6.42 Å². The van der Waals surface area contributed by atoms with E-state index in [-0.39, 0.29) is 6.04 Å². The summed E-state index contributed by atoms with van der Waals surface area (Å²) in [6.07, 6.45) is 5.87. The smallest absolute Gasteiger partial charge is 0.244 e. The lowest BCUT2D eigenvalue weighted by atomic mass is 9.87. The molecule has 1 aromatic rings. The van der Waals surface area contributed by atoms with Gasteiger partial charge in [0.15, 0.2) is 0 Å². The van der Waals surface area contributed by atoms with Crippen LogP contribution in [0.1, 0.15) is 38.3 Å². The Bertz CT molecular complexity index is 565. The first-order valence-electron chi connectivity index (χ1n) is 7.19. The van der Waals surface area contributed by atoms with Crippen molar-refractivity contribution in [2.45, 2.75) is 50.1 Å². The van der Waals surface area contributed by atoms with Gasteiger partial charge in [-0.3, -0.25) is 0 Å². The third-order valence-corrected chi connectivity index (χ3v) is 6.27. The minimum atomic E-state index is -3.42. The second-order valence-electron chi connectivity index (χ2n) is 5.93. The van der Waals surface area contributed by atoms with Crippen LogP contribution in [-0.4, -0.2) is 30.4 Å². The van der Waals surface area contributed by atoms with Crippen molar-refractivity contribution in [3.8, 4) is 0 Å². The average molecular weight is 299 g/mol. The molecule has 2 rings (SSSR count). The number of aryl methyl sites for hydroxylation is 1. The van der Waals surface area contributed by atoms with Crippen LogP contribution in [0, 0.1) is 5.92 Å². The largest absolute Gasteiger partial charge is 0.352 e. The molecule has 0 spiro atoms. The summed E-state index contributed by atoms with van der Waals surface area (Å²) in [5.41, 5.74) is 6.44. The van der Waals surface area contributed by atoms with Gasteiger partial charge in [-0.25, -0.2) is 8.42 Å². The third-order valence-electron chi connectivity index (χ3n) is 4.39. The van der Waals surface area contributed by atoms with Crippen molar-refractivity contribution in [1.29, 1.82) is 0 Å². The topological polar surface area (TPSA) is 68.3 Å². The highest BCUT2D eigenvalue weighted by atomic mass is 32.2. The number of nitrogens with zero attached hydrogens (tertiary/aromatic N) is 2. The highest BCUT2D eigenvalue weighted by Crippen LogP contribution is 2.30. The number of hydrogen-bond donors (Lipinski definition) is 1. The number of rotatable bonds is 4. The van der Waals surface area contributed by atoms with Gasteiger partial charge in [0.2, 0.25) is 10.0 Å². The van der Waals surface area contributed by atoms with Crippen LogP contribution in [0.4, 0.5) is 0 Å². The molecule has 1 aliphatic rings. The fourth-order valence-electron chi connectivity index (χ4n) is 3.02. The van der Waals surface area contributed by atoms with E-state index in [0.717, 1.165) is 25.0 Å². The average Bonchev–Trinajstić information content (AvgIpc) is 2.79. The number of sulfonamides is 1. The molecule has 1 aliphatic carbocycles. The molecule has 2 atom stereocenters. The molecule has 1 fully saturated rings. The molecule has 0 aromatic carbocycles. The zero-order chi connectivity index (χ0) is 14.9. The van der Waals surface area contributed by atoms with Gasteiger partial charge in [0.25, 0.3) is 0 Å². The predicted octanol–water partition coefficient (Wildman–Crippen LogP) is 1.68. The summed E-state index contributed by atoms with van der Waals surface area (Å²) >= 11 is 0. The second kappa shape index (κ2) is 5.87. The highest BCUT2D eigenvalue weighted by molar-refractivity contribution is 7.89. The van der Waals surface area contributed by atoms with E-state index in [4.69, 9.17) is 5.73 Å². The van der Waals surface area contributed by atoms with Crippen molar-refractivity contribution in [3.63, 3.8) is 0 Å². The predicted molar refractivity (Wildman–Crippen MR) is 79.7 cm³/mol. The monoisotopic (exact) mass is 299 g/mol. The molecule has 5 nitrogen and oxygen atoms in total. The van der Waals surface area contributed by atoms with E-state index < -0.39 is 10.0 Å². The molecular weight excluding hydrogens is 274 g/mol. The molecule has 0 saturated heterocycles. The van der Waals surface area contributed by atoms with E-state index in [1.807, 2.05) is 7.05 Å². The maximum atomic E-state index is 12.7. The first kappa shape index (κ1) is 15.5. The standard InChI is InChI=1S/C14H25N3O2S/c1-11-5-4-6-12(7-11)17(3)20(18,19)14-8-13(9-15)16(2)10-14/h8,10-12H,4-7,9,15H2,1-3H3. The Kier molecular flexibility index (Phi) is 4.56. The lowest BCUT2D eigenvalue weighted by Gasteiger charge is -2.33. The zero-order valence-corrected chi connectivity index (χ0v) is 13.4. The summed E-state index contributed by atoms with van der Waals surface area (Å²) < 4.78 is 28.7. The van der Waals surface area contributed by atoms with Crippen molar-refractivity contribution >= 4 is 10.0 Å². The van der Waals surface area contributed by atoms with Crippen molar-refractivity contribution in [2.75, 3.05) is 7.05 Å². The van der Waals surface area contributed by atoms with E-state index in [2.05, 4.69) is 6.92 Å². The van der Waals surface area contributed by atoms with Crippen LogP contribution in [0.5, 0.6) is 0 Å². The number of hydrogen-bond acceptors (Lipinski definition) is 3. The van der Waals surface area contributed by atoms with Crippen molar-refractivity contribution < 1.29 is 8.42 Å². The molecule has 0 aliphatic heterocycles. The Morgan fingerprint density at radius 2 is 2.15 bits per heavy atom. The molecule has 0 bridgehead atoms. The normalized spacial score (nSPS) is 24.2. The molecular formula is C14H25N3O2S. The molecule has 2 unspecified atom stereocenters. The lowest BCUT2D eigenvalue weighted by Crippen LogP contribution is -2.39. The first-order chi connectivity index (χ1) is 9.36. The molecule has 114 valence electrons. The van der Waals surface area contributed by atoms with E-state index in [0.29, 0.717) is 17.4 Å². The van der Waals surface area contributed by atoms with Gasteiger partial charge < -0.3 is 10.3 Å². The maximum absolute atomic E-state index is 12.7. The van der Waals surface area contributed by atoms with Crippen LogP contribution < -0.4 is 5.73 Å². The fourth-order valence-corrected chi connectivity index (χ4v) is 4.51. The Hall–Kier alpha value is -0.850. The van der Waals surface area contributed by atoms with Crippen LogP contribution in [0.15, 0.2) is 17.2 Å². The van der Waals surface area contributed by atoms with Crippen LogP contribution in [0.3, 0.4) is 0 Å². The molecule has 1 heterocycles. The van der Waals surface area contributed by atoms with Crippen molar-refractivity contribution in [3.05, 3.63) is 18.0 Å².